The van der Waals surface area contributed by atoms with Crippen molar-refractivity contribution in [3.8, 4) is 28.9 Å². The molecular weight excluding hydrogens is 1750 g/mol. The van der Waals surface area contributed by atoms with Gasteiger partial charge in [0.15, 0.2) is 52.4 Å². The number of fused-ring (bicyclic) bond motifs is 2. The molecule has 3 atom stereocenters. The number of urea groups is 2. The summed E-state index contributed by atoms with van der Waals surface area (Å²) in [6.07, 6.45) is 4.33. The standard InChI is InChI=1S/C22H24F3N5O3.C22H22F3N5O2.C21H20F3N5O3.C14H18N4O3.C7H7N5O2/c1-4-7-33-14-6-5-12(2)17(10-14)27-20-28-21(30(3)22(32)29-20)26-11-18(31)13-8-15(23)19(25)16(24)9-13;1-4-7-32-14-6-5-12(2)17(10-14)27-20-28-22(31)29(3)21-26-11-18(30(20)21)13-8-15(23)19(25)16(24)9-13;1-11-3-4-13(32-6-5-30)9-16(11)26-19-27-21(31)28(2)20-25-10-17(29(19)20)12-7-14(22)18(24)15(23)8-12;1-4-7-21-10-6-5-9(2)11(8-10)15-12-16-13(19)18(3)14(20)17-12;1-11-6(13)9-5(10-7(11)14)12-4-2-3-8-12/h5-6,8-10,18,31H,4,7,11H2,1-3H3,(H2,26,27,28,29,32);5-6,8-10,18H,4,7,11H2,1-3H3,(H,27,28,31);3-4,7-9,17,30H,5-6,10H2,1-2H3,(H,26,27,31);5-6,8H,4,7H2,1-3H3,(H2,15,16,17,19,20);2-4H,1H3,(H,9,10,13,14). The van der Waals surface area contributed by atoms with E-state index in [2.05, 4.69) is 81.6 Å². The van der Waals surface area contributed by atoms with Crippen molar-refractivity contribution in [2.45, 2.75) is 85.9 Å². The van der Waals surface area contributed by atoms with Gasteiger partial charge in [-0.25, -0.2) is 107 Å². The Kier molecular flexibility index (Phi) is 32.0. The largest absolute Gasteiger partial charge is 0.494 e. The number of aliphatic hydroxyl groups excluding tert-OH is 2. The smallest absolute Gasteiger partial charge is 0.354 e. The number of anilines is 5. The summed E-state index contributed by atoms with van der Waals surface area (Å²) >= 11 is 0. The number of aromatic amines is 2. The first kappa shape index (κ1) is 97.1. The molecule has 0 radical (unpaired) electrons. The summed E-state index contributed by atoms with van der Waals surface area (Å²) in [5.41, 5.74) is 3.08. The Morgan fingerprint density at radius 3 is 1.33 bits per heavy atom. The van der Waals surface area contributed by atoms with E-state index in [1.165, 1.54) is 60.8 Å². The second kappa shape index (κ2) is 43.5. The molecule has 7 aromatic carbocycles. The van der Waals surface area contributed by atoms with Crippen molar-refractivity contribution in [3.05, 3.63) is 271 Å². The zero-order valence-corrected chi connectivity index (χ0v) is 73.0. The fraction of sp³-hybridized carbons (Fsp3) is 0.302. The SMILES string of the molecule is CCCOc1ccc(C)c(N=C2NC(=O)N(C)C3=NCC(c4cc(F)c(F)c(F)c4)N23)c1.CCCOc1ccc(C)c(Nc2nc(=O)n(C)c(=O)[nH]2)c1.CCCOc1ccc(C)c(Nc2nc(NCC(O)c3cc(F)c(F)c(F)c3)n(C)c(=O)n2)c1.Cc1ccc(OCCO)cc1N=C1NC(=O)N(C)C2=NCC(c3cc(F)c(F)c(F)c3)N12.Cn1c(=O)nc(-n2cccn2)[nH]c1=O. The summed E-state index contributed by atoms with van der Waals surface area (Å²) in [5.74, 6) is -9.23. The maximum atomic E-state index is 13.9. The van der Waals surface area contributed by atoms with Crippen molar-refractivity contribution in [2.24, 2.45) is 41.1 Å². The van der Waals surface area contributed by atoms with E-state index in [4.69, 9.17) is 24.1 Å². The van der Waals surface area contributed by atoms with Crippen molar-refractivity contribution in [1.29, 1.82) is 0 Å². The van der Waals surface area contributed by atoms with Crippen LogP contribution in [0.25, 0.3) is 5.95 Å². The highest BCUT2D eigenvalue weighted by atomic mass is 19.2. The molecule has 4 aromatic heterocycles. The van der Waals surface area contributed by atoms with Gasteiger partial charge < -0.3 is 45.1 Å². The number of rotatable bonds is 25. The van der Waals surface area contributed by atoms with Gasteiger partial charge in [-0.2, -0.15) is 25.0 Å². The van der Waals surface area contributed by atoms with E-state index in [1.807, 2.05) is 90.9 Å². The average molecular weight is 1840 g/mol. The molecular formula is C86H91F9N24O13. The van der Waals surface area contributed by atoms with Crippen LogP contribution in [-0.2, 0) is 21.1 Å². The maximum absolute atomic E-state index is 13.9. The van der Waals surface area contributed by atoms with Crippen LogP contribution in [0.2, 0.25) is 0 Å². The number of carbonyl (C=O) groups is 2. The van der Waals surface area contributed by atoms with Crippen LogP contribution in [0.5, 0.6) is 23.0 Å². The van der Waals surface area contributed by atoms with E-state index >= 15 is 0 Å². The van der Waals surface area contributed by atoms with Crippen LogP contribution < -0.4 is 74.0 Å². The number of benzene rings is 7. The zero-order chi connectivity index (χ0) is 95.6. The summed E-state index contributed by atoms with van der Waals surface area (Å²) < 4.78 is 149. The molecule has 0 bridgehead atoms. The number of halogens is 9. The van der Waals surface area contributed by atoms with Gasteiger partial charge in [0, 0.05) is 89.8 Å². The van der Waals surface area contributed by atoms with Crippen molar-refractivity contribution in [3.63, 3.8) is 0 Å². The van der Waals surface area contributed by atoms with Crippen molar-refractivity contribution in [1.82, 2.24) is 83.6 Å². The number of hydrogen-bond acceptors (Lipinski definition) is 25. The lowest BCUT2D eigenvalue weighted by atomic mass is 10.1. The molecule has 2 fully saturated rings. The number of nitrogens with one attached hydrogen (secondary N) is 7. The molecule has 2 saturated heterocycles. The fourth-order valence-electron chi connectivity index (χ4n) is 12.6. The quantitative estimate of drug-likeness (QED) is 0.0190. The molecule has 0 saturated carbocycles. The van der Waals surface area contributed by atoms with Crippen molar-refractivity contribution >= 4 is 76.5 Å². The van der Waals surface area contributed by atoms with Gasteiger partial charge >= 0.3 is 40.5 Å². The van der Waals surface area contributed by atoms with E-state index < -0.39 is 111 Å². The van der Waals surface area contributed by atoms with Crippen LogP contribution in [-0.4, -0.2) is 186 Å². The number of aliphatic hydroxyl groups is 2. The molecule has 9 N–H and O–H groups in total. The number of amides is 4. The highest BCUT2D eigenvalue weighted by Gasteiger charge is 2.44. The number of H-pyrrole nitrogens is 2. The minimum absolute atomic E-state index is 0.00435. The second-order valence-electron chi connectivity index (χ2n) is 29.5. The minimum Gasteiger partial charge on any atom is -0.494 e. The van der Waals surface area contributed by atoms with Crippen molar-refractivity contribution in [2.75, 3.05) is 82.7 Å². The van der Waals surface area contributed by atoms with Gasteiger partial charge in [0.25, 0.3) is 0 Å². The lowest BCUT2D eigenvalue weighted by molar-refractivity contribution is 0.189. The summed E-state index contributed by atoms with van der Waals surface area (Å²) in [5, 5.41) is 37.1. The topological polar surface area (TPSA) is 435 Å². The summed E-state index contributed by atoms with van der Waals surface area (Å²) in [6.45, 7) is 15.1. The summed E-state index contributed by atoms with van der Waals surface area (Å²) in [6, 6.07) is 26.0. The molecule has 11 aromatic rings. The van der Waals surface area contributed by atoms with Gasteiger partial charge in [-0.05, 0) is 153 Å². The van der Waals surface area contributed by atoms with E-state index in [9.17, 15) is 78.2 Å². The summed E-state index contributed by atoms with van der Waals surface area (Å²) in [7, 11) is 7.16. The third-order valence-corrected chi connectivity index (χ3v) is 19.9. The molecule has 0 aliphatic carbocycles. The van der Waals surface area contributed by atoms with Crippen molar-refractivity contribution < 1.29 is 78.3 Å². The maximum Gasteiger partial charge on any atom is 0.354 e. The average Bonchev–Trinajstić information content (AvgIpc) is 1.59. The Bertz CT molecular complexity index is 6240. The van der Waals surface area contributed by atoms with E-state index in [0.717, 1.165) is 90.9 Å². The Hall–Kier alpha value is -15.5. The highest BCUT2D eigenvalue weighted by molar-refractivity contribution is 6.17. The van der Waals surface area contributed by atoms with Crippen LogP contribution in [0.1, 0.15) is 97.2 Å². The molecule has 37 nitrogen and oxygen atoms in total. The number of aryl methyl sites for hydroxylation is 4. The predicted octanol–water partition coefficient (Wildman–Crippen LogP) is 10.6. The van der Waals surface area contributed by atoms with E-state index in [0.29, 0.717) is 66.3 Å². The number of ether oxygens (including phenoxy) is 4. The number of aromatic nitrogens is 11. The first-order valence-electron chi connectivity index (χ1n) is 40.7. The Morgan fingerprint density at radius 1 is 0.492 bits per heavy atom. The zero-order valence-electron chi connectivity index (χ0n) is 73.0. The molecule has 8 heterocycles. The highest BCUT2D eigenvalue weighted by Crippen LogP contribution is 2.37. The fourth-order valence-corrected chi connectivity index (χ4v) is 12.6. The monoisotopic (exact) mass is 1840 g/mol. The van der Waals surface area contributed by atoms with Gasteiger partial charge in [0.05, 0.1) is 69.1 Å². The van der Waals surface area contributed by atoms with Gasteiger partial charge in [-0.3, -0.25) is 44.8 Å². The molecule has 3 unspecified atom stereocenters. The number of aliphatic imine (C=N–C) groups is 4. The van der Waals surface area contributed by atoms with E-state index in [-0.39, 0.29) is 97.2 Å². The number of nitrogens with zero attached hydrogens (tertiary/aromatic N) is 17. The normalized spacial score (nSPS) is 15.0. The Labute approximate surface area is 745 Å². The van der Waals surface area contributed by atoms with Gasteiger partial charge in [0.1, 0.15) is 29.6 Å². The number of carbonyl (C=O) groups excluding carboxylic acids is 2. The number of hydrogen-bond donors (Lipinski definition) is 9. The third kappa shape index (κ3) is 23.5. The van der Waals surface area contributed by atoms with Gasteiger partial charge in [0.2, 0.25) is 47.6 Å². The van der Waals surface area contributed by atoms with Crippen LogP contribution >= 0.6 is 0 Å². The molecule has 4 aliphatic heterocycles. The van der Waals surface area contributed by atoms with Gasteiger partial charge in [-0.1, -0.05) is 45.0 Å². The lowest BCUT2D eigenvalue weighted by Gasteiger charge is -2.36. The molecule has 0 spiro atoms. The molecule has 46 heteroatoms. The molecule has 15 rings (SSSR count). The van der Waals surface area contributed by atoms with Gasteiger partial charge in [-0.15, -0.1) is 0 Å². The summed E-state index contributed by atoms with van der Waals surface area (Å²) in [4.78, 5) is 127. The van der Waals surface area contributed by atoms with Crippen LogP contribution in [0.15, 0.2) is 172 Å². The third-order valence-electron chi connectivity index (χ3n) is 19.9. The lowest BCUT2D eigenvalue weighted by Crippen LogP contribution is -2.61. The first-order valence-corrected chi connectivity index (χ1v) is 40.7. The van der Waals surface area contributed by atoms with E-state index in [1.54, 1.807) is 47.5 Å². The molecule has 132 heavy (non-hydrogen) atoms. The Balaban J connectivity index is 0.000000163. The van der Waals surface area contributed by atoms with Crippen LogP contribution in [0.3, 0.4) is 0 Å². The number of guanidine groups is 4. The predicted molar refractivity (Wildman–Crippen MR) is 469 cm³/mol. The molecule has 696 valence electrons. The minimum atomic E-state index is -1.62. The second-order valence-corrected chi connectivity index (χ2v) is 29.5. The molecule has 4 amide bonds. The van der Waals surface area contributed by atoms with Crippen LogP contribution in [0, 0.1) is 80.0 Å². The Morgan fingerprint density at radius 2 is 0.902 bits per heavy atom. The first-order chi connectivity index (χ1) is 63.0. The van der Waals surface area contributed by atoms with Crippen LogP contribution in [0.4, 0.5) is 89.7 Å². The molecule has 4 aliphatic rings.